The summed E-state index contributed by atoms with van der Waals surface area (Å²) in [6, 6.07) is 6.93. The second kappa shape index (κ2) is 8.04. The highest BCUT2D eigenvalue weighted by Gasteiger charge is 2.32. The first kappa shape index (κ1) is 19.9. The lowest BCUT2D eigenvalue weighted by atomic mass is 10.1. The molecule has 2 heterocycles. The molecule has 0 unspecified atom stereocenters. The van der Waals surface area contributed by atoms with Crippen molar-refractivity contribution in [2.24, 2.45) is 0 Å². The van der Waals surface area contributed by atoms with Crippen LogP contribution in [-0.4, -0.2) is 33.0 Å². The minimum atomic E-state index is -4.60. The smallest absolute Gasteiger partial charge is 0.416 e. The van der Waals surface area contributed by atoms with Gasteiger partial charge in [0, 0.05) is 6.54 Å². The molecule has 2 aromatic rings. The molecule has 148 valence electrons. The number of piperidine rings is 1. The Hall–Kier alpha value is -1.84. The monoisotopic (exact) mass is 402 g/mol. The van der Waals surface area contributed by atoms with Crippen LogP contribution in [0.1, 0.15) is 36.6 Å². The number of halogens is 3. The van der Waals surface area contributed by atoms with E-state index in [0.29, 0.717) is 11.8 Å². The van der Waals surface area contributed by atoms with Crippen molar-refractivity contribution < 1.29 is 26.0 Å². The highest BCUT2D eigenvalue weighted by atomic mass is 32.2. The molecule has 3 rings (SSSR count). The Labute approximate surface area is 156 Å². The number of alkyl halides is 3. The molecule has 1 aromatic carbocycles. The topological polar surface area (TPSA) is 62.6 Å². The predicted octanol–water partition coefficient (Wildman–Crippen LogP) is 3.80. The van der Waals surface area contributed by atoms with Crippen LogP contribution in [0, 0.1) is 0 Å². The minimum absolute atomic E-state index is 0.0199. The third kappa shape index (κ3) is 4.91. The van der Waals surface area contributed by atoms with Crippen LogP contribution in [0.3, 0.4) is 0 Å². The molecule has 27 heavy (non-hydrogen) atoms. The van der Waals surface area contributed by atoms with Crippen molar-refractivity contribution in [2.45, 2.75) is 36.4 Å². The van der Waals surface area contributed by atoms with Crippen LogP contribution in [0.15, 0.2) is 52.0 Å². The Bertz CT molecular complexity index is 845. The molecule has 1 fully saturated rings. The fraction of sp³-hybridized carbons (Fsp3) is 0.444. The van der Waals surface area contributed by atoms with E-state index in [1.54, 1.807) is 12.1 Å². The molecule has 5 nitrogen and oxygen atoms in total. The second-order valence-corrected chi connectivity index (χ2v) is 8.27. The van der Waals surface area contributed by atoms with Gasteiger partial charge in [0.05, 0.1) is 22.8 Å². The Morgan fingerprint density at radius 1 is 1.11 bits per heavy atom. The summed E-state index contributed by atoms with van der Waals surface area (Å²) in [6.07, 6.45) is 0.0656. The van der Waals surface area contributed by atoms with E-state index in [4.69, 9.17) is 4.42 Å². The van der Waals surface area contributed by atoms with Crippen molar-refractivity contribution >= 4 is 10.0 Å². The van der Waals surface area contributed by atoms with Gasteiger partial charge in [0.15, 0.2) is 0 Å². The molecule has 1 aromatic heterocycles. The fourth-order valence-corrected chi connectivity index (χ4v) is 4.32. The molecule has 0 bridgehead atoms. The summed E-state index contributed by atoms with van der Waals surface area (Å²) < 4.78 is 71.6. The predicted molar refractivity (Wildman–Crippen MR) is 93.5 cm³/mol. The largest absolute Gasteiger partial charge is 0.468 e. The Balaban J connectivity index is 1.78. The van der Waals surface area contributed by atoms with E-state index in [1.165, 1.54) is 6.26 Å². The zero-order chi connectivity index (χ0) is 19.5. The van der Waals surface area contributed by atoms with Crippen molar-refractivity contribution in [3.05, 3.63) is 54.0 Å². The van der Waals surface area contributed by atoms with Crippen LogP contribution in [0.2, 0.25) is 0 Å². The number of benzene rings is 1. The van der Waals surface area contributed by atoms with Gasteiger partial charge in [-0.15, -0.1) is 0 Å². The number of rotatable bonds is 6. The first-order valence-corrected chi connectivity index (χ1v) is 10.2. The van der Waals surface area contributed by atoms with Gasteiger partial charge in [-0.1, -0.05) is 12.5 Å². The average molecular weight is 402 g/mol. The number of furan rings is 1. The van der Waals surface area contributed by atoms with Crippen LogP contribution >= 0.6 is 0 Å². The lowest BCUT2D eigenvalue weighted by Gasteiger charge is -2.33. The molecule has 1 atom stereocenters. The first-order chi connectivity index (χ1) is 12.8. The summed E-state index contributed by atoms with van der Waals surface area (Å²) >= 11 is 0. The minimum Gasteiger partial charge on any atom is -0.468 e. The lowest BCUT2D eigenvalue weighted by Crippen LogP contribution is -2.40. The van der Waals surface area contributed by atoms with Crippen LogP contribution in [0.25, 0.3) is 0 Å². The second-order valence-electron chi connectivity index (χ2n) is 6.51. The molecule has 0 aliphatic carbocycles. The molecular formula is C18H21F3N2O3S. The lowest BCUT2D eigenvalue weighted by molar-refractivity contribution is -0.137. The van der Waals surface area contributed by atoms with E-state index >= 15 is 0 Å². The van der Waals surface area contributed by atoms with Crippen LogP contribution in [-0.2, 0) is 16.2 Å². The summed E-state index contributed by atoms with van der Waals surface area (Å²) in [4.78, 5) is 1.73. The van der Waals surface area contributed by atoms with Crippen LogP contribution < -0.4 is 4.72 Å². The zero-order valence-corrected chi connectivity index (χ0v) is 15.4. The third-order valence-electron chi connectivity index (χ3n) is 4.64. The van der Waals surface area contributed by atoms with E-state index in [2.05, 4.69) is 9.62 Å². The number of hydrogen-bond donors (Lipinski definition) is 1. The van der Waals surface area contributed by atoms with Gasteiger partial charge in [0.25, 0.3) is 0 Å². The highest BCUT2D eigenvalue weighted by Crippen LogP contribution is 2.31. The van der Waals surface area contributed by atoms with Crippen LogP contribution in [0.4, 0.5) is 13.2 Å². The van der Waals surface area contributed by atoms with E-state index in [0.717, 1.165) is 50.6 Å². The molecule has 1 aliphatic heterocycles. The maximum atomic E-state index is 12.9. The van der Waals surface area contributed by atoms with Crippen molar-refractivity contribution in [3.63, 3.8) is 0 Å². The van der Waals surface area contributed by atoms with E-state index < -0.39 is 26.7 Å². The van der Waals surface area contributed by atoms with Gasteiger partial charge in [-0.05, 0) is 56.3 Å². The summed E-state index contributed by atoms with van der Waals surface area (Å²) in [7, 11) is -4.09. The van der Waals surface area contributed by atoms with Gasteiger partial charge in [-0.3, -0.25) is 4.90 Å². The van der Waals surface area contributed by atoms with Crippen LogP contribution in [0.5, 0.6) is 0 Å². The van der Waals surface area contributed by atoms with Crippen molar-refractivity contribution in [2.75, 3.05) is 19.6 Å². The molecule has 0 radical (unpaired) electrons. The van der Waals surface area contributed by atoms with Crippen molar-refractivity contribution in [1.29, 1.82) is 0 Å². The Kier molecular flexibility index (Phi) is 5.92. The highest BCUT2D eigenvalue weighted by molar-refractivity contribution is 7.89. The maximum Gasteiger partial charge on any atom is 0.416 e. The summed E-state index contributed by atoms with van der Waals surface area (Å²) in [6.45, 7) is 1.65. The summed E-state index contributed by atoms with van der Waals surface area (Å²) in [5.41, 5.74) is -0.996. The number of hydrogen-bond acceptors (Lipinski definition) is 4. The standard InChI is InChI=1S/C18H21F3N2O3S/c19-18(20,21)14-6-4-7-15(12-14)27(24,25)22-13-16(17-8-5-11-26-17)23-9-2-1-3-10-23/h4-8,11-12,16,22H,1-3,9-10,13H2/t16-/m0/s1. The number of likely N-dealkylation sites (tertiary alicyclic amines) is 1. The van der Waals surface area contributed by atoms with Gasteiger partial charge in [0.2, 0.25) is 10.0 Å². The molecule has 9 heteroatoms. The SMILES string of the molecule is O=S(=O)(NC[C@@H](c1ccco1)N1CCCCC1)c1cccc(C(F)(F)F)c1. The number of nitrogens with one attached hydrogen (secondary N) is 1. The molecule has 1 N–H and O–H groups in total. The normalized spacial score (nSPS) is 17.7. The van der Waals surface area contributed by atoms with Gasteiger partial charge < -0.3 is 4.42 Å². The van der Waals surface area contributed by atoms with Gasteiger partial charge in [-0.2, -0.15) is 13.2 Å². The fourth-order valence-electron chi connectivity index (χ4n) is 3.23. The Morgan fingerprint density at radius 3 is 2.48 bits per heavy atom. The zero-order valence-electron chi connectivity index (χ0n) is 14.6. The molecule has 1 saturated heterocycles. The molecule has 0 saturated carbocycles. The van der Waals surface area contributed by atoms with Gasteiger partial charge in [0.1, 0.15) is 5.76 Å². The van der Waals surface area contributed by atoms with Gasteiger partial charge in [-0.25, -0.2) is 13.1 Å². The molecule has 0 spiro atoms. The average Bonchev–Trinajstić information content (AvgIpc) is 3.16. The first-order valence-electron chi connectivity index (χ1n) is 8.72. The third-order valence-corrected chi connectivity index (χ3v) is 6.06. The number of sulfonamides is 1. The Morgan fingerprint density at radius 2 is 1.85 bits per heavy atom. The van der Waals surface area contributed by atoms with Crippen molar-refractivity contribution in [1.82, 2.24) is 9.62 Å². The molecule has 1 aliphatic rings. The van der Waals surface area contributed by atoms with Gasteiger partial charge >= 0.3 is 6.18 Å². The number of nitrogens with zero attached hydrogens (tertiary/aromatic N) is 1. The van der Waals surface area contributed by atoms with E-state index in [9.17, 15) is 21.6 Å². The quantitative estimate of drug-likeness (QED) is 0.798. The van der Waals surface area contributed by atoms with E-state index in [-0.39, 0.29) is 12.6 Å². The van der Waals surface area contributed by atoms with Crippen molar-refractivity contribution in [3.8, 4) is 0 Å². The summed E-state index contributed by atoms with van der Waals surface area (Å²) in [5.74, 6) is 0.628. The van der Waals surface area contributed by atoms with E-state index in [1.807, 2.05) is 0 Å². The maximum absolute atomic E-state index is 12.9. The molecule has 0 amide bonds. The molecular weight excluding hydrogens is 381 g/mol. The summed E-state index contributed by atoms with van der Waals surface area (Å²) in [5, 5.41) is 0.